The lowest BCUT2D eigenvalue weighted by Gasteiger charge is -2.26. The third-order valence-corrected chi connectivity index (χ3v) is 8.18. The summed E-state index contributed by atoms with van der Waals surface area (Å²) in [4.78, 5) is 12.7. The minimum absolute atomic E-state index is 0.105. The minimum Gasteiger partial charge on any atom is -0.379 e. The van der Waals surface area contributed by atoms with Crippen LogP contribution in [0.5, 0.6) is 0 Å². The molecule has 2 aromatic rings. The molecule has 3 rings (SSSR count). The number of sulfonamides is 2. The van der Waals surface area contributed by atoms with E-state index in [4.69, 9.17) is 4.74 Å². The molecule has 1 saturated heterocycles. The van der Waals surface area contributed by atoms with Crippen molar-refractivity contribution in [1.29, 1.82) is 0 Å². The number of hydrogen-bond acceptors (Lipinski definition) is 6. The highest BCUT2D eigenvalue weighted by Crippen LogP contribution is 2.19. The zero-order valence-electron chi connectivity index (χ0n) is 17.9. The van der Waals surface area contributed by atoms with Crippen molar-refractivity contribution >= 4 is 31.6 Å². The Morgan fingerprint density at radius 3 is 2.06 bits per heavy atom. The largest absolute Gasteiger partial charge is 0.379 e. The fourth-order valence-electron chi connectivity index (χ4n) is 2.99. The summed E-state index contributed by atoms with van der Waals surface area (Å²) in [5.74, 6) is -0.257. The van der Waals surface area contributed by atoms with Gasteiger partial charge in [0.25, 0.3) is 5.91 Å². The zero-order valence-corrected chi connectivity index (χ0v) is 19.6. The van der Waals surface area contributed by atoms with Crippen LogP contribution in [0.2, 0.25) is 0 Å². The lowest BCUT2D eigenvalue weighted by Crippen LogP contribution is -2.40. The van der Waals surface area contributed by atoms with E-state index in [0.29, 0.717) is 38.5 Å². The summed E-state index contributed by atoms with van der Waals surface area (Å²) in [7, 11) is -7.25. The molecule has 1 fully saturated rings. The Kier molecular flexibility index (Phi) is 7.67. The second kappa shape index (κ2) is 10.1. The number of nitrogens with one attached hydrogen (secondary N) is 2. The summed E-state index contributed by atoms with van der Waals surface area (Å²) in [5, 5.41) is 2.68. The number of rotatable bonds is 8. The SMILES string of the molecule is CC(C)CNS(=O)(=O)c1ccc(NC(=O)c2ccc(S(=O)(=O)N3CCOCC3)cc2)cc1. The lowest BCUT2D eigenvalue weighted by molar-refractivity contribution is 0.0730. The molecule has 1 aliphatic heterocycles. The Balaban J connectivity index is 1.66. The molecule has 0 bridgehead atoms. The van der Waals surface area contributed by atoms with Crippen molar-refractivity contribution in [2.45, 2.75) is 23.6 Å². The zero-order chi connectivity index (χ0) is 23.4. The predicted octanol–water partition coefficient (Wildman–Crippen LogP) is 1.89. The van der Waals surface area contributed by atoms with Crippen LogP contribution in [-0.2, 0) is 24.8 Å². The molecule has 0 aromatic heterocycles. The fraction of sp³-hybridized carbons (Fsp3) is 0.381. The molecule has 9 nitrogen and oxygen atoms in total. The normalized spacial score (nSPS) is 15.6. The molecule has 0 spiro atoms. The predicted molar refractivity (Wildman–Crippen MR) is 120 cm³/mol. The van der Waals surface area contributed by atoms with Crippen LogP contribution in [0.3, 0.4) is 0 Å². The van der Waals surface area contributed by atoms with Gasteiger partial charge in [-0.05, 0) is 54.4 Å². The molecule has 0 atom stereocenters. The van der Waals surface area contributed by atoms with Gasteiger partial charge in [0.2, 0.25) is 20.0 Å². The van der Waals surface area contributed by atoms with Crippen LogP contribution < -0.4 is 10.0 Å². The first-order chi connectivity index (χ1) is 15.1. The number of nitrogens with zero attached hydrogens (tertiary/aromatic N) is 1. The summed E-state index contributed by atoms with van der Waals surface area (Å²) >= 11 is 0. The molecule has 32 heavy (non-hydrogen) atoms. The minimum atomic E-state index is -3.63. The highest BCUT2D eigenvalue weighted by Gasteiger charge is 2.26. The quantitative estimate of drug-likeness (QED) is 0.594. The molecular formula is C21H27N3O6S2. The van der Waals surface area contributed by atoms with E-state index >= 15 is 0 Å². The maximum atomic E-state index is 12.7. The van der Waals surface area contributed by atoms with E-state index in [2.05, 4.69) is 10.0 Å². The van der Waals surface area contributed by atoms with Gasteiger partial charge in [0, 0.05) is 30.9 Å². The van der Waals surface area contributed by atoms with Gasteiger partial charge in [-0.15, -0.1) is 0 Å². The number of amides is 1. The standard InChI is InChI=1S/C21H27N3O6S2/c1-16(2)15-22-31(26,27)19-9-5-18(6-10-19)23-21(25)17-3-7-20(8-4-17)32(28,29)24-11-13-30-14-12-24/h3-10,16,22H,11-15H2,1-2H3,(H,23,25). The van der Waals surface area contributed by atoms with Crippen molar-refractivity contribution in [2.75, 3.05) is 38.2 Å². The summed E-state index contributed by atoms with van der Waals surface area (Å²) in [6.45, 7) is 5.45. The van der Waals surface area contributed by atoms with Crippen LogP contribution in [0, 0.1) is 5.92 Å². The number of morpholine rings is 1. The second-order valence-electron chi connectivity index (χ2n) is 7.77. The number of carbonyl (C=O) groups excluding carboxylic acids is 1. The maximum absolute atomic E-state index is 12.7. The van der Waals surface area contributed by atoms with Gasteiger partial charge in [-0.25, -0.2) is 21.6 Å². The summed E-state index contributed by atoms with van der Waals surface area (Å²) in [6, 6.07) is 11.5. The van der Waals surface area contributed by atoms with Gasteiger partial charge < -0.3 is 10.1 Å². The van der Waals surface area contributed by atoms with E-state index in [1.54, 1.807) is 0 Å². The van der Waals surface area contributed by atoms with E-state index in [0.717, 1.165) is 0 Å². The Morgan fingerprint density at radius 2 is 1.50 bits per heavy atom. The molecule has 174 valence electrons. The number of carbonyl (C=O) groups is 1. The van der Waals surface area contributed by atoms with E-state index < -0.39 is 26.0 Å². The van der Waals surface area contributed by atoms with Crippen molar-refractivity contribution in [3.05, 3.63) is 54.1 Å². The van der Waals surface area contributed by atoms with Crippen molar-refractivity contribution in [3.63, 3.8) is 0 Å². The van der Waals surface area contributed by atoms with Gasteiger partial charge in [-0.3, -0.25) is 4.79 Å². The molecule has 1 aliphatic rings. The highest BCUT2D eigenvalue weighted by atomic mass is 32.2. The topological polar surface area (TPSA) is 122 Å². The molecule has 1 amide bonds. The van der Waals surface area contributed by atoms with E-state index in [9.17, 15) is 21.6 Å². The van der Waals surface area contributed by atoms with Crippen molar-refractivity contribution < 1.29 is 26.4 Å². The van der Waals surface area contributed by atoms with Gasteiger partial charge in [-0.1, -0.05) is 13.8 Å². The van der Waals surface area contributed by atoms with Gasteiger partial charge in [0.15, 0.2) is 0 Å². The first-order valence-corrected chi connectivity index (χ1v) is 13.1. The molecule has 0 radical (unpaired) electrons. The summed E-state index contributed by atoms with van der Waals surface area (Å²) in [6.07, 6.45) is 0. The van der Waals surface area contributed by atoms with Crippen molar-refractivity contribution in [1.82, 2.24) is 9.03 Å². The van der Waals surface area contributed by atoms with Gasteiger partial charge in [-0.2, -0.15) is 4.31 Å². The van der Waals surface area contributed by atoms with Gasteiger partial charge in [0.05, 0.1) is 23.0 Å². The Labute approximate surface area is 188 Å². The molecular weight excluding hydrogens is 454 g/mol. The highest BCUT2D eigenvalue weighted by molar-refractivity contribution is 7.89. The third kappa shape index (κ3) is 5.93. The molecule has 0 aliphatic carbocycles. The second-order valence-corrected chi connectivity index (χ2v) is 11.5. The molecule has 2 aromatic carbocycles. The Morgan fingerprint density at radius 1 is 0.938 bits per heavy atom. The van der Waals surface area contributed by atoms with Gasteiger partial charge >= 0.3 is 0 Å². The average Bonchev–Trinajstić information content (AvgIpc) is 2.79. The van der Waals surface area contributed by atoms with Crippen molar-refractivity contribution in [3.8, 4) is 0 Å². The average molecular weight is 482 g/mol. The monoisotopic (exact) mass is 481 g/mol. The third-order valence-electron chi connectivity index (χ3n) is 4.83. The number of ether oxygens (including phenoxy) is 1. The van der Waals surface area contributed by atoms with Crippen LogP contribution in [0.4, 0.5) is 5.69 Å². The van der Waals surface area contributed by atoms with Crippen LogP contribution in [0.15, 0.2) is 58.3 Å². The first kappa shape index (κ1) is 24.3. The molecule has 1 heterocycles. The number of benzene rings is 2. The Hall–Kier alpha value is -2.31. The molecule has 0 unspecified atom stereocenters. The Bertz CT molecular complexity index is 1140. The fourth-order valence-corrected chi connectivity index (χ4v) is 5.62. The van der Waals surface area contributed by atoms with Gasteiger partial charge in [0.1, 0.15) is 0 Å². The molecule has 2 N–H and O–H groups in total. The van der Waals surface area contributed by atoms with Crippen LogP contribution in [0.1, 0.15) is 24.2 Å². The van der Waals surface area contributed by atoms with Crippen LogP contribution in [0.25, 0.3) is 0 Å². The van der Waals surface area contributed by atoms with E-state index in [1.807, 2.05) is 13.8 Å². The van der Waals surface area contributed by atoms with E-state index in [1.165, 1.54) is 52.8 Å². The summed E-state index contributed by atoms with van der Waals surface area (Å²) in [5.41, 5.74) is 0.698. The number of anilines is 1. The molecule has 11 heteroatoms. The first-order valence-electron chi connectivity index (χ1n) is 10.2. The lowest BCUT2D eigenvalue weighted by atomic mass is 10.2. The maximum Gasteiger partial charge on any atom is 0.255 e. The smallest absolute Gasteiger partial charge is 0.255 e. The van der Waals surface area contributed by atoms with Crippen LogP contribution in [-0.4, -0.2) is 59.9 Å². The number of hydrogen-bond donors (Lipinski definition) is 2. The molecule has 0 saturated carbocycles. The van der Waals surface area contributed by atoms with Crippen LogP contribution >= 0.6 is 0 Å². The van der Waals surface area contributed by atoms with Crippen molar-refractivity contribution in [2.24, 2.45) is 5.92 Å². The summed E-state index contributed by atoms with van der Waals surface area (Å²) < 4.78 is 58.9. The van der Waals surface area contributed by atoms with E-state index in [-0.39, 0.29) is 21.3 Å².